The van der Waals surface area contributed by atoms with E-state index < -0.39 is 0 Å². The van der Waals surface area contributed by atoms with Crippen LogP contribution in [0.2, 0.25) is 5.02 Å². The summed E-state index contributed by atoms with van der Waals surface area (Å²) in [4.78, 5) is 4.30. The number of rotatable bonds is 2. The second-order valence-corrected chi connectivity index (χ2v) is 6.40. The number of nitriles is 1. The fourth-order valence-corrected chi connectivity index (χ4v) is 3.13. The van der Waals surface area contributed by atoms with E-state index in [1.165, 1.54) is 0 Å². The normalized spacial score (nSPS) is 14.8. The Bertz CT molecular complexity index is 881. The molecule has 1 aliphatic rings. The molecule has 1 saturated heterocycles. The molecule has 0 atom stereocenters. The van der Waals surface area contributed by atoms with Crippen molar-refractivity contribution in [2.24, 2.45) is 0 Å². The maximum absolute atomic E-state index is 8.90. The lowest BCUT2D eigenvalue weighted by Gasteiger charge is -2.19. The van der Waals surface area contributed by atoms with Crippen LogP contribution in [0, 0.1) is 31.1 Å². The molecule has 130 valence electrons. The van der Waals surface area contributed by atoms with Gasteiger partial charge in [-0.1, -0.05) is 30.3 Å². The highest BCUT2D eigenvalue weighted by Crippen LogP contribution is 2.33. The van der Waals surface area contributed by atoms with Gasteiger partial charge in [0.25, 0.3) is 0 Å². The molecular formula is C22H20ClN3. The molecule has 3 rings (SSSR count). The Morgan fingerprint density at radius 1 is 1.19 bits per heavy atom. The van der Waals surface area contributed by atoms with E-state index in [1.54, 1.807) is 0 Å². The largest absolute Gasteiger partial charge is 0.355 e. The molecule has 2 aromatic rings. The van der Waals surface area contributed by atoms with Crippen LogP contribution in [-0.2, 0) is 0 Å². The SMILES string of the molecule is C#C.C=C1/C(=C\c2ccc(C#N)cc2)N(C)CN1c1cc(C)cc(Cl)c1. The summed E-state index contributed by atoms with van der Waals surface area (Å²) in [6.45, 7) is 7.01. The molecule has 26 heavy (non-hydrogen) atoms. The summed E-state index contributed by atoms with van der Waals surface area (Å²) in [7, 11) is 2.04. The average Bonchev–Trinajstić information content (AvgIpc) is 2.91. The predicted octanol–water partition coefficient (Wildman–Crippen LogP) is 5.03. The summed E-state index contributed by atoms with van der Waals surface area (Å²) in [5, 5.41) is 9.62. The molecule has 0 spiro atoms. The second-order valence-electron chi connectivity index (χ2n) is 5.96. The number of likely N-dealkylation sites (N-methyl/N-ethyl adjacent to an activating group) is 1. The van der Waals surface area contributed by atoms with Crippen LogP contribution in [0.5, 0.6) is 0 Å². The van der Waals surface area contributed by atoms with E-state index in [1.807, 2.05) is 50.4 Å². The number of hydrogen-bond acceptors (Lipinski definition) is 3. The lowest BCUT2D eigenvalue weighted by Crippen LogP contribution is -2.21. The van der Waals surface area contributed by atoms with Crippen LogP contribution in [0.25, 0.3) is 6.08 Å². The molecule has 1 aliphatic heterocycles. The van der Waals surface area contributed by atoms with Crippen LogP contribution in [-0.4, -0.2) is 18.6 Å². The van der Waals surface area contributed by atoms with E-state index >= 15 is 0 Å². The van der Waals surface area contributed by atoms with Crippen molar-refractivity contribution in [1.82, 2.24) is 4.90 Å². The maximum Gasteiger partial charge on any atom is 0.0991 e. The Morgan fingerprint density at radius 2 is 1.85 bits per heavy atom. The molecule has 2 aromatic carbocycles. The van der Waals surface area contributed by atoms with Crippen molar-refractivity contribution in [3.63, 3.8) is 0 Å². The first-order valence-corrected chi connectivity index (χ1v) is 8.36. The van der Waals surface area contributed by atoms with Gasteiger partial charge in [0.1, 0.15) is 0 Å². The number of nitrogens with zero attached hydrogens (tertiary/aromatic N) is 3. The topological polar surface area (TPSA) is 30.3 Å². The Labute approximate surface area is 160 Å². The van der Waals surface area contributed by atoms with E-state index in [9.17, 15) is 0 Å². The van der Waals surface area contributed by atoms with E-state index in [0.717, 1.165) is 39.9 Å². The van der Waals surface area contributed by atoms with Crippen molar-refractivity contribution >= 4 is 23.4 Å². The maximum atomic E-state index is 8.90. The Balaban J connectivity index is 0.00000117. The van der Waals surface area contributed by atoms with Gasteiger partial charge in [0.2, 0.25) is 0 Å². The zero-order chi connectivity index (χ0) is 19.3. The monoisotopic (exact) mass is 361 g/mol. The summed E-state index contributed by atoms with van der Waals surface area (Å²) < 4.78 is 0. The molecule has 0 aromatic heterocycles. The molecule has 0 saturated carbocycles. The van der Waals surface area contributed by atoms with Crippen molar-refractivity contribution in [1.29, 1.82) is 5.26 Å². The number of anilines is 1. The average molecular weight is 362 g/mol. The Morgan fingerprint density at radius 3 is 2.42 bits per heavy atom. The van der Waals surface area contributed by atoms with Gasteiger partial charge in [-0.2, -0.15) is 5.26 Å². The van der Waals surface area contributed by atoms with Crippen molar-refractivity contribution in [2.45, 2.75) is 6.92 Å². The molecular weight excluding hydrogens is 342 g/mol. The molecule has 0 radical (unpaired) electrons. The van der Waals surface area contributed by atoms with Crippen molar-refractivity contribution in [2.75, 3.05) is 18.6 Å². The lowest BCUT2D eigenvalue weighted by atomic mass is 10.1. The highest BCUT2D eigenvalue weighted by atomic mass is 35.5. The van der Waals surface area contributed by atoms with Gasteiger partial charge in [-0.15, -0.1) is 12.8 Å². The van der Waals surface area contributed by atoms with E-state index in [4.69, 9.17) is 16.9 Å². The molecule has 0 bridgehead atoms. The van der Waals surface area contributed by atoms with E-state index in [0.29, 0.717) is 5.56 Å². The van der Waals surface area contributed by atoms with Crippen LogP contribution >= 0.6 is 11.6 Å². The lowest BCUT2D eigenvalue weighted by molar-refractivity contribution is 0.485. The zero-order valence-corrected chi connectivity index (χ0v) is 15.7. The molecule has 1 fully saturated rings. The molecule has 4 heteroatoms. The van der Waals surface area contributed by atoms with E-state index in [-0.39, 0.29) is 0 Å². The fraction of sp³-hybridized carbons (Fsp3) is 0.136. The van der Waals surface area contributed by atoms with Gasteiger partial charge in [0, 0.05) is 17.8 Å². The Hall–Kier alpha value is -3.14. The van der Waals surface area contributed by atoms with Gasteiger partial charge in [-0.25, -0.2) is 0 Å². The van der Waals surface area contributed by atoms with Crippen LogP contribution in [0.1, 0.15) is 16.7 Å². The molecule has 0 amide bonds. The number of benzene rings is 2. The quantitative estimate of drug-likeness (QED) is 0.702. The molecule has 0 aliphatic carbocycles. The van der Waals surface area contributed by atoms with Gasteiger partial charge in [0.15, 0.2) is 0 Å². The Kier molecular flexibility index (Phi) is 6.12. The zero-order valence-electron chi connectivity index (χ0n) is 14.9. The smallest absolute Gasteiger partial charge is 0.0991 e. The summed E-state index contributed by atoms with van der Waals surface area (Å²) >= 11 is 6.20. The van der Waals surface area contributed by atoms with Crippen molar-refractivity contribution in [3.8, 4) is 18.9 Å². The summed E-state index contributed by atoms with van der Waals surface area (Å²) in [6, 6.07) is 15.7. The number of terminal acetylenes is 1. The van der Waals surface area contributed by atoms with Crippen molar-refractivity contribution in [3.05, 3.63) is 82.2 Å². The van der Waals surface area contributed by atoms with Gasteiger partial charge in [0.05, 0.1) is 29.7 Å². The van der Waals surface area contributed by atoms with E-state index in [2.05, 4.69) is 47.4 Å². The van der Waals surface area contributed by atoms with Crippen LogP contribution in [0.4, 0.5) is 5.69 Å². The molecule has 3 nitrogen and oxygen atoms in total. The highest BCUT2D eigenvalue weighted by Gasteiger charge is 2.26. The van der Waals surface area contributed by atoms with Crippen LogP contribution in [0.3, 0.4) is 0 Å². The van der Waals surface area contributed by atoms with Crippen molar-refractivity contribution < 1.29 is 0 Å². The van der Waals surface area contributed by atoms with Gasteiger partial charge >= 0.3 is 0 Å². The van der Waals surface area contributed by atoms with Gasteiger partial charge in [-0.05, 0) is 54.5 Å². The minimum absolute atomic E-state index is 0.659. The molecule has 1 heterocycles. The first kappa shape index (κ1) is 19.2. The summed E-state index contributed by atoms with van der Waals surface area (Å²) in [5.41, 5.74) is 5.85. The third-order valence-electron chi connectivity index (χ3n) is 4.07. The van der Waals surface area contributed by atoms with Gasteiger partial charge < -0.3 is 9.80 Å². The third kappa shape index (κ3) is 4.09. The second kappa shape index (κ2) is 8.30. The number of aryl methyl sites for hydroxylation is 1. The van der Waals surface area contributed by atoms with Crippen LogP contribution in [0.15, 0.2) is 60.4 Å². The number of halogens is 1. The fourth-order valence-electron chi connectivity index (χ4n) is 2.85. The molecule has 0 unspecified atom stereocenters. The highest BCUT2D eigenvalue weighted by molar-refractivity contribution is 6.31. The first-order chi connectivity index (χ1) is 12.5. The van der Waals surface area contributed by atoms with Gasteiger partial charge in [-0.3, -0.25) is 0 Å². The predicted molar refractivity (Wildman–Crippen MR) is 109 cm³/mol. The minimum Gasteiger partial charge on any atom is -0.355 e. The number of hydrogen-bond donors (Lipinski definition) is 0. The standard InChI is InChI=1S/C20H18ClN3.C2H2/c1-14-8-18(21)11-19(9-14)24-13-23(3)20(15(24)2)10-16-4-6-17(12-22)7-5-16;1-2/h4-11H,2,13H2,1,3H3;1-2H/b20-10+;. The summed E-state index contributed by atoms with van der Waals surface area (Å²) in [6.07, 6.45) is 10.1. The molecule has 0 N–H and O–H groups in total. The third-order valence-corrected chi connectivity index (χ3v) is 4.29. The van der Waals surface area contributed by atoms with Crippen LogP contribution < -0.4 is 4.90 Å². The summed E-state index contributed by atoms with van der Waals surface area (Å²) in [5.74, 6) is 0. The first-order valence-electron chi connectivity index (χ1n) is 7.98. The minimum atomic E-state index is 0.659.